The number of benzene rings is 1. The van der Waals surface area contributed by atoms with Crippen molar-refractivity contribution in [3.8, 4) is 12.3 Å². The minimum atomic E-state index is -0.711. The van der Waals surface area contributed by atoms with Crippen LogP contribution in [0.25, 0.3) is 0 Å². The lowest BCUT2D eigenvalue weighted by atomic mass is 9.96. The van der Waals surface area contributed by atoms with Crippen molar-refractivity contribution >= 4 is 23.5 Å². The summed E-state index contributed by atoms with van der Waals surface area (Å²) in [6, 6.07) is 5.70. The summed E-state index contributed by atoms with van der Waals surface area (Å²) in [4.78, 5) is 26.3. The molecule has 0 unspecified atom stereocenters. The number of amides is 1. The third-order valence-corrected chi connectivity index (χ3v) is 4.34. The number of halogens is 1. The van der Waals surface area contributed by atoms with Crippen LogP contribution in [0.2, 0.25) is 5.02 Å². The number of morpholine rings is 1. The van der Waals surface area contributed by atoms with Crippen molar-refractivity contribution in [2.45, 2.75) is 44.9 Å². The van der Waals surface area contributed by atoms with Crippen LogP contribution in [-0.4, -0.2) is 42.1 Å². The number of nitrogens with zero attached hydrogens (tertiary/aromatic N) is 1. The van der Waals surface area contributed by atoms with Gasteiger partial charge in [-0.1, -0.05) is 43.0 Å². The topological polar surface area (TPSA) is 55.8 Å². The molecule has 1 amide bonds. The fourth-order valence-electron chi connectivity index (χ4n) is 2.98. The smallest absolute Gasteiger partial charge is 0.328 e. The molecule has 3 atom stereocenters. The number of ether oxygens (including phenoxy) is 2. The lowest BCUT2D eigenvalue weighted by Crippen LogP contribution is -2.57. The third-order valence-electron chi connectivity index (χ3n) is 4.09. The average Bonchev–Trinajstić information content (AvgIpc) is 2.61. The summed E-state index contributed by atoms with van der Waals surface area (Å²) in [5.74, 6) is 1.88. The van der Waals surface area contributed by atoms with Gasteiger partial charge in [0.15, 0.2) is 0 Å². The number of esters is 1. The molecular weight excluding hydrogens is 342 g/mol. The minimum Gasteiger partial charge on any atom is -0.464 e. The Morgan fingerprint density at radius 3 is 2.68 bits per heavy atom. The highest BCUT2D eigenvalue weighted by Crippen LogP contribution is 2.32. The Labute approximate surface area is 153 Å². The van der Waals surface area contributed by atoms with Gasteiger partial charge in [0.05, 0.1) is 6.61 Å². The molecule has 1 saturated heterocycles. The van der Waals surface area contributed by atoms with E-state index in [1.165, 1.54) is 4.90 Å². The molecule has 0 aromatic heterocycles. The highest BCUT2D eigenvalue weighted by molar-refractivity contribution is 6.30. The van der Waals surface area contributed by atoms with E-state index in [1.54, 1.807) is 19.1 Å². The van der Waals surface area contributed by atoms with Crippen LogP contribution in [0.15, 0.2) is 24.3 Å². The van der Waals surface area contributed by atoms with Gasteiger partial charge >= 0.3 is 5.97 Å². The Morgan fingerprint density at radius 2 is 2.12 bits per heavy atom. The van der Waals surface area contributed by atoms with E-state index in [9.17, 15) is 9.59 Å². The largest absolute Gasteiger partial charge is 0.464 e. The highest BCUT2D eigenvalue weighted by Gasteiger charge is 2.43. The first-order valence-corrected chi connectivity index (χ1v) is 8.72. The molecule has 1 fully saturated rings. The molecule has 6 heteroatoms. The van der Waals surface area contributed by atoms with E-state index in [0.29, 0.717) is 11.4 Å². The van der Waals surface area contributed by atoms with Crippen LogP contribution in [0.4, 0.5) is 0 Å². The van der Waals surface area contributed by atoms with Crippen molar-refractivity contribution in [3.05, 3.63) is 34.9 Å². The Hall–Kier alpha value is -2.03. The van der Waals surface area contributed by atoms with E-state index in [1.807, 2.05) is 19.1 Å². The van der Waals surface area contributed by atoms with E-state index >= 15 is 0 Å². The molecule has 1 aliphatic heterocycles. The maximum atomic E-state index is 12.5. The quantitative estimate of drug-likeness (QED) is 0.576. The molecule has 0 aliphatic carbocycles. The predicted octanol–water partition coefficient (Wildman–Crippen LogP) is 2.97. The van der Waals surface area contributed by atoms with Crippen LogP contribution in [-0.2, 0) is 19.1 Å². The Morgan fingerprint density at radius 1 is 1.44 bits per heavy atom. The summed E-state index contributed by atoms with van der Waals surface area (Å²) in [5, 5.41) is 0.597. The number of carbonyl (C=O) groups excluding carboxylic acids is 2. The monoisotopic (exact) mass is 363 g/mol. The molecule has 2 rings (SSSR count). The standard InChI is InChI=1S/C19H22ClNO4/c1-4-7-16(19(23)24-6-3)21-15(5-2)18(25-12-17(21)22)13-8-10-14(20)11-9-13/h2,8-11,15-16,18H,4,6-7,12H2,1,3H3/t15-,16-,18+/m0/s1. The second kappa shape index (κ2) is 8.89. The summed E-state index contributed by atoms with van der Waals surface area (Å²) in [5.41, 5.74) is 0.809. The Balaban J connectivity index is 2.36. The predicted molar refractivity (Wildman–Crippen MR) is 94.9 cm³/mol. The van der Waals surface area contributed by atoms with Gasteiger partial charge in [-0.25, -0.2) is 4.79 Å². The maximum absolute atomic E-state index is 12.5. The second-order valence-corrected chi connectivity index (χ2v) is 6.19. The van der Waals surface area contributed by atoms with Gasteiger partial charge in [0.1, 0.15) is 24.8 Å². The van der Waals surface area contributed by atoms with Gasteiger partial charge in [-0.15, -0.1) is 6.42 Å². The van der Waals surface area contributed by atoms with Crippen LogP contribution in [0.1, 0.15) is 38.4 Å². The molecule has 25 heavy (non-hydrogen) atoms. The van der Waals surface area contributed by atoms with Crippen molar-refractivity contribution in [1.29, 1.82) is 0 Å². The Bertz CT molecular complexity index is 652. The molecular formula is C19H22ClNO4. The van der Waals surface area contributed by atoms with Crippen molar-refractivity contribution in [3.63, 3.8) is 0 Å². The molecule has 0 spiro atoms. The van der Waals surface area contributed by atoms with Gasteiger partial charge in [0.25, 0.3) is 0 Å². The summed E-state index contributed by atoms with van der Waals surface area (Å²) < 4.78 is 10.8. The number of hydrogen-bond acceptors (Lipinski definition) is 4. The van der Waals surface area contributed by atoms with Gasteiger partial charge in [0, 0.05) is 5.02 Å². The molecule has 1 aromatic rings. The first kappa shape index (κ1) is 19.3. The van der Waals surface area contributed by atoms with Crippen LogP contribution in [0, 0.1) is 12.3 Å². The van der Waals surface area contributed by atoms with Crippen molar-refractivity contribution in [1.82, 2.24) is 4.90 Å². The molecule has 0 N–H and O–H groups in total. The summed E-state index contributed by atoms with van der Waals surface area (Å²) in [6.07, 6.45) is 6.40. The van der Waals surface area contributed by atoms with E-state index < -0.39 is 24.2 Å². The first-order chi connectivity index (χ1) is 12.0. The second-order valence-electron chi connectivity index (χ2n) is 5.75. The molecule has 0 saturated carbocycles. The van der Waals surface area contributed by atoms with Gasteiger partial charge < -0.3 is 14.4 Å². The van der Waals surface area contributed by atoms with E-state index in [2.05, 4.69) is 5.92 Å². The maximum Gasteiger partial charge on any atom is 0.328 e. The number of hydrogen-bond donors (Lipinski definition) is 0. The summed E-state index contributed by atoms with van der Waals surface area (Å²) in [7, 11) is 0. The highest BCUT2D eigenvalue weighted by atomic mass is 35.5. The summed E-state index contributed by atoms with van der Waals surface area (Å²) in [6.45, 7) is 3.79. The van der Waals surface area contributed by atoms with Crippen molar-refractivity contribution in [2.75, 3.05) is 13.2 Å². The minimum absolute atomic E-state index is 0.134. The molecule has 1 heterocycles. The number of carbonyl (C=O) groups is 2. The van der Waals surface area contributed by atoms with E-state index in [0.717, 1.165) is 12.0 Å². The van der Waals surface area contributed by atoms with Gasteiger partial charge in [-0.2, -0.15) is 0 Å². The zero-order valence-corrected chi connectivity index (χ0v) is 15.2. The molecule has 0 radical (unpaired) electrons. The number of rotatable bonds is 6. The SMILES string of the molecule is C#C[C@H]1[C@@H](c2ccc(Cl)cc2)OCC(=O)N1[C@@H](CCC)C(=O)OCC. The fourth-order valence-corrected chi connectivity index (χ4v) is 3.10. The molecule has 134 valence electrons. The number of terminal acetylenes is 1. The molecule has 5 nitrogen and oxygen atoms in total. The van der Waals surface area contributed by atoms with E-state index in [4.69, 9.17) is 27.5 Å². The zero-order chi connectivity index (χ0) is 18.4. The lowest BCUT2D eigenvalue weighted by Gasteiger charge is -2.41. The van der Waals surface area contributed by atoms with Gasteiger partial charge in [-0.3, -0.25) is 4.79 Å². The van der Waals surface area contributed by atoms with Gasteiger partial charge in [-0.05, 0) is 31.0 Å². The van der Waals surface area contributed by atoms with Crippen LogP contribution >= 0.6 is 11.6 Å². The van der Waals surface area contributed by atoms with Crippen LogP contribution in [0.3, 0.4) is 0 Å². The van der Waals surface area contributed by atoms with Crippen molar-refractivity contribution in [2.24, 2.45) is 0 Å². The first-order valence-electron chi connectivity index (χ1n) is 8.34. The third kappa shape index (κ3) is 4.33. The van der Waals surface area contributed by atoms with Crippen molar-refractivity contribution < 1.29 is 19.1 Å². The van der Waals surface area contributed by atoms with Gasteiger partial charge in [0.2, 0.25) is 5.91 Å². The van der Waals surface area contributed by atoms with Crippen LogP contribution in [0.5, 0.6) is 0 Å². The molecule has 0 bridgehead atoms. The zero-order valence-electron chi connectivity index (χ0n) is 14.4. The molecule has 1 aliphatic rings. The Kier molecular flexibility index (Phi) is 6.86. The van der Waals surface area contributed by atoms with E-state index in [-0.39, 0.29) is 19.1 Å². The normalized spacial score (nSPS) is 21.5. The fraction of sp³-hybridized carbons (Fsp3) is 0.474. The molecule has 1 aromatic carbocycles. The average molecular weight is 364 g/mol. The summed E-state index contributed by atoms with van der Waals surface area (Å²) >= 11 is 5.93. The van der Waals surface area contributed by atoms with Crippen LogP contribution < -0.4 is 0 Å². The lowest BCUT2D eigenvalue weighted by molar-refractivity contribution is -0.169.